The molecule has 4 rings (SSSR count). The van der Waals surface area contributed by atoms with E-state index in [1.165, 1.54) is 6.92 Å². The first-order valence-corrected chi connectivity index (χ1v) is 11.9. The minimum Gasteiger partial charge on any atom is -0.381 e. The van der Waals surface area contributed by atoms with Gasteiger partial charge in [0.25, 0.3) is 5.91 Å². The molecule has 1 aromatic carbocycles. The first kappa shape index (κ1) is 23.7. The van der Waals surface area contributed by atoms with Crippen LogP contribution in [0.1, 0.15) is 55.2 Å². The highest BCUT2D eigenvalue weighted by Gasteiger charge is 2.22. The van der Waals surface area contributed by atoms with Crippen molar-refractivity contribution in [1.82, 2.24) is 20.1 Å². The zero-order valence-corrected chi connectivity index (χ0v) is 20.0. The third-order valence-corrected chi connectivity index (χ3v) is 6.05. The molecule has 3 aromatic rings. The maximum absolute atomic E-state index is 13.0. The van der Waals surface area contributed by atoms with Gasteiger partial charge in [0.15, 0.2) is 5.65 Å². The van der Waals surface area contributed by atoms with Gasteiger partial charge in [0, 0.05) is 61.8 Å². The Morgan fingerprint density at radius 2 is 2.00 bits per heavy atom. The summed E-state index contributed by atoms with van der Waals surface area (Å²) >= 11 is 0. The number of aromatic nitrogens is 3. The van der Waals surface area contributed by atoms with Crippen LogP contribution in [0.3, 0.4) is 0 Å². The van der Waals surface area contributed by atoms with Crippen LogP contribution in [-0.4, -0.2) is 45.8 Å². The second-order valence-corrected chi connectivity index (χ2v) is 8.44. The van der Waals surface area contributed by atoms with Gasteiger partial charge in [0.2, 0.25) is 5.91 Å². The Morgan fingerprint density at radius 1 is 1.21 bits per heavy atom. The van der Waals surface area contributed by atoms with Crippen molar-refractivity contribution in [3.63, 3.8) is 0 Å². The third-order valence-electron chi connectivity index (χ3n) is 6.05. The van der Waals surface area contributed by atoms with Gasteiger partial charge in [-0.1, -0.05) is 13.0 Å². The number of carbonyl (C=O) groups excluding carboxylic acids is 2. The molecule has 0 aliphatic carbocycles. The van der Waals surface area contributed by atoms with Crippen LogP contribution in [0.5, 0.6) is 0 Å². The maximum Gasteiger partial charge on any atom is 0.251 e. The Bertz CT molecular complexity index is 1180. The monoisotopic (exact) mass is 464 g/mol. The molecule has 1 aliphatic rings. The quantitative estimate of drug-likeness (QED) is 0.471. The highest BCUT2D eigenvalue weighted by atomic mass is 16.5. The zero-order chi connectivity index (χ0) is 24.1. The molecule has 9 heteroatoms. The van der Waals surface area contributed by atoms with Gasteiger partial charge < -0.3 is 20.7 Å². The van der Waals surface area contributed by atoms with Crippen molar-refractivity contribution in [3.8, 4) is 0 Å². The number of pyridine rings is 1. The van der Waals surface area contributed by atoms with E-state index in [1.807, 2.05) is 10.9 Å². The summed E-state index contributed by atoms with van der Waals surface area (Å²) in [4.78, 5) is 29.3. The molecule has 2 amide bonds. The van der Waals surface area contributed by atoms with E-state index in [4.69, 9.17) is 9.72 Å². The van der Waals surface area contributed by atoms with Crippen LogP contribution in [0.2, 0.25) is 0 Å². The maximum atomic E-state index is 13.0. The molecule has 3 N–H and O–H groups in total. The normalized spacial score (nSPS) is 14.2. The predicted molar refractivity (Wildman–Crippen MR) is 132 cm³/mol. The van der Waals surface area contributed by atoms with Crippen molar-refractivity contribution in [1.29, 1.82) is 0 Å². The number of ether oxygens (including phenoxy) is 1. The largest absolute Gasteiger partial charge is 0.381 e. The summed E-state index contributed by atoms with van der Waals surface area (Å²) in [6.07, 6.45) is 4.44. The van der Waals surface area contributed by atoms with E-state index in [-0.39, 0.29) is 17.9 Å². The van der Waals surface area contributed by atoms with Crippen LogP contribution in [0.15, 0.2) is 30.5 Å². The van der Waals surface area contributed by atoms with Crippen molar-refractivity contribution in [3.05, 3.63) is 47.3 Å². The number of nitrogens with one attached hydrogen (secondary N) is 3. The summed E-state index contributed by atoms with van der Waals surface area (Å²) in [6.45, 7) is 8.09. The van der Waals surface area contributed by atoms with Crippen LogP contribution < -0.4 is 16.0 Å². The summed E-state index contributed by atoms with van der Waals surface area (Å²) in [7, 11) is 0. The van der Waals surface area contributed by atoms with Crippen LogP contribution >= 0.6 is 0 Å². The second kappa shape index (κ2) is 10.6. The topological polar surface area (TPSA) is 110 Å². The smallest absolute Gasteiger partial charge is 0.251 e. The van der Waals surface area contributed by atoms with Crippen LogP contribution in [-0.2, 0) is 29.0 Å². The van der Waals surface area contributed by atoms with Crippen molar-refractivity contribution < 1.29 is 14.3 Å². The van der Waals surface area contributed by atoms with Gasteiger partial charge in [0.1, 0.15) is 0 Å². The van der Waals surface area contributed by atoms with Crippen molar-refractivity contribution in [2.45, 2.75) is 59.2 Å². The lowest BCUT2D eigenvalue weighted by Crippen LogP contribution is -2.30. The van der Waals surface area contributed by atoms with Crippen LogP contribution in [0.4, 0.5) is 11.4 Å². The summed E-state index contributed by atoms with van der Waals surface area (Å²) in [6, 6.07) is 7.20. The van der Waals surface area contributed by atoms with Gasteiger partial charge in [-0.3, -0.25) is 9.59 Å². The molecule has 0 atom stereocenters. The van der Waals surface area contributed by atoms with E-state index in [0.29, 0.717) is 17.8 Å². The lowest BCUT2D eigenvalue weighted by atomic mass is 10.0. The molecule has 2 aromatic heterocycles. The highest BCUT2D eigenvalue weighted by Crippen LogP contribution is 2.31. The Hall–Kier alpha value is -3.46. The lowest BCUT2D eigenvalue weighted by Gasteiger charge is -2.26. The van der Waals surface area contributed by atoms with E-state index in [2.05, 4.69) is 34.9 Å². The Balaban J connectivity index is 1.64. The molecule has 0 saturated carbocycles. The minimum absolute atomic E-state index is 0.180. The second-order valence-electron chi connectivity index (χ2n) is 8.44. The molecule has 34 heavy (non-hydrogen) atoms. The average Bonchev–Trinajstić information content (AvgIpc) is 3.26. The van der Waals surface area contributed by atoms with Crippen LogP contribution in [0.25, 0.3) is 11.0 Å². The van der Waals surface area contributed by atoms with E-state index in [0.717, 1.165) is 67.0 Å². The van der Waals surface area contributed by atoms with Gasteiger partial charge in [-0.2, -0.15) is 5.10 Å². The zero-order valence-electron chi connectivity index (χ0n) is 20.0. The molecule has 1 fully saturated rings. The van der Waals surface area contributed by atoms with Crippen LogP contribution in [0, 0.1) is 0 Å². The molecular weight excluding hydrogens is 432 g/mol. The van der Waals surface area contributed by atoms with E-state index in [9.17, 15) is 9.59 Å². The van der Waals surface area contributed by atoms with Crippen molar-refractivity contribution in [2.24, 2.45) is 0 Å². The first-order valence-electron chi connectivity index (χ1n) is 11.9. The van der Waals surface area contributed by atoms with Gasteiger partial charge in [-0.05, 0) is 44.4 Å². The fraction of sp³-hybridized carbons (Fsp3) is 0.440. The molecule has 0 bridgehead atoms. The number of benzene rings is 1. The Morgan fingerprint density at radius 3 is 2.71 bits per heavy atom. The Kier molecular flexibility index (Phi) is 7.42. The first-order chi connectivity index (χ1) is 16.5. The summed E-state index contributed by atoms with van der Waals surface area (Å²) in [5.41, 5.74) is 4.82. The highest BCUT2D eigenvalue weighted by molar-refractivity contribution is 5.97. The van der Waals surface area contributed by atoms with E-state index in [1.54, 1.807) is 24.3 Å². The number of hydrogen-bond acceptors (Lipinski definition) is 6. The Labute approximate surface area is 199 Å². The lowest BCUT2D eigenvalue weighted by molar-refractivity contribution is -0.114. The van der Waals surface area contributed by atoms with Gasteiger partial charge >= 0.3 is 0 Å². The third kappa shape index (κ3) is 5.20. The number of amides is 2. The number of anilines is 2. The number of aryl methyl sites for hydroxylation is 2. The van der Waals surface area contributed by atoms with Gasteiger partial charge in [0.05, 0.1) is 17.3 Å². The molecule has 9 nitrogen and oxygen atoms in total. The standard InChI is InChI=1S/C25H32N6O3/c1-4-22-20(14-26-25(33)17-7-6-8-19(13-17)28-16(3)32)23(29-18-9-11-34-12-10-18)21-15-27-31(5-2)24(21)30-22/h6-8,13,15,18H,4-5,9-12,14H2,1-3H3,(H,26,33)(H,28,32)(H,29,30). The summed E-state index contributed by atoms with van der Waals surface area (Å²) in [5.74, 6) is -0.392. The molecule has 1 aliphatic heterocycles. The fourth-order valence-electron chi connectivity index (χ4n) is 4.31. The number of rotatable bonds is 8. The number of hydrogen-bond donors (Lipinski definition) is 3. The number of fused-ring (bicyclic) bond motifs is 1. The molecular formula is C25H32N6O3. The minimum atomic E-state index is -0.212. The molecule has 0 unspecified atom stereocenters. The number of carbonyl (C=O) groups is 2. The van der Waals surface area contributed by atoms with Crippen molar-refractivity contribution in [2.75, 3.05) is 23.8 Å². The summed E-state index contributed by atoms with van der Waals surface area (Å²) < 4.78 is 7.43. The predicted octanol–water partition coefficient (Wildman–Crippen LogP) is 3.49. The molecule has 180 valence electrons. The van der Waals surface area contributed by atoms with E-state index >= 15 is 0 Å². The molecule has 0 spiro atoms. The van der Waals surface area contributed by atoms with Crippen molar-refractivity contribution >= 4 is 34.2 Å². The average molecular weight is 465 g/mol. The van der Waals surface area contributed by atoms with Gasteiger partial charge in [-0.25, -0.2) is 9.67 Å². The number of nitrogens with zero attached hydrogens (tertiary/aromatic N) is 3. The SMILES string of the molecule is CCc1nc2c(cnn2CC)c(NC2CCOCC2)c1CNC(=O)c1cccc(NC(C)=O)c1. The molecule has 1 saturated heterocycles. The molecule has 3 heterocycles. The van der Waals surface area contributed by atoms with E-state index < -0.39 is 0 Å². The molecule has 0 radical (unpaired) electrons. The summed E-state index contributed by atoms with van der Waals surface area (Å²) in [5, 5.41) is 15.0. The van der Waals surface area contributed by atoms with Gasteiger partial charge in [-0.15, -0.1) is 0 Å². The fourth-order valence-corrected chi connectivity index (χ4v) is 4.31.